The maximum atomic E-state index is 4.71. The van der Waals surface area contributed by atoms with Crippen molar-refractivity contribution in [3.8, 4) is 0 Å². The van der Waals surface area contributed by atoms with Crippen LogP contribution < -0.4 is 5.32 Å². The van der Waals surface area contributed by atoms with Crippen LogP contribution in [0.15, 0.2) is 24.3 Å². The molecule has 102 valence electrons. The van der Waals surface area contributed by atoms with E-state index < -0.39 is 0 Å². The predicted octanol–water partition coefficient (Wildman–Crippen LogP) is 3.81. The molecule has 1 aliphatic carbocycles. The molecule has 0 radical (unpaired) electrons. The van der Waals surface area contributed by atoms with E-state index in [1.807, 2.05) is 6.07 Å². The molecule has 0 bridgehead atoms. The number of nitrogens with zero attached hydrogens (tertiary/aromatic N) is 2. The second-order valence-electron chi connectivity index (χ2n) is 5.84. The van der Waals surface area contributed by atoms with Gasteiger partial charge in [-0.3, -0.25) is 0 Å². The molecule has 3 heteroatoms. The first-order valence-electron chi connectivity index (χ1n) is 7.38. The normalized spacial score (nSPS) is 27.0. The lowest BCUT2D eigenvalue weighted by atomic mass is 9.94. The molecule has 1 fully saturated rings. The van der Waals surface area contributed by atoms with Gasteiger partial charge in [0.2, 0.25) is 5.95 Å². The molecule has 1 heterocycles. The van der Waals surface area contributed by atoms with Gasteiger partial charge in [-0.15, -0.1) is 0 Å². The first-order chi connectivity index (χ1) is 9.20. The summed E-state index contributed by atoms with van der Waals surface area (Å²) in [7, 11) is 2.09. The quantitative estimate of drug-likeness (QED) is 0.906. The molecule has 19 heavy (non-hydrogen) atoms. The SMILES string of the molecule is CCC1CCC(Nc2nc3ccccc3n2C)C1C. The minimum Gasteiger partial charge on any atom is -0.353 e. The second kappa shape index (κ2) is 4.87. The van der Waals surface area contributed by atoms with E-state index in [4.69, 9.17) is 4.98 Å². The van der Waals surface area contributed by atoms with Crippen LogP contribution in [0.4, 0.5) is 5.95 Å². The number of hydrogen-bond acceptors (Lipinski definition) is 2. The molecule has 3 rings (SSSR count). The van der Waals surface area contributed by atoms with E-state index in [9.17, 15) is 0 Å². The van der Waals surface area contributed by atoms with Gasteiger partial charge in [0, 0.05) is 13.1 Å². The Morgan fingerprint density at radius 1 is 1.32 bits per heavy atom. The lowest BCUT2D eigenvalue weighted by Crippen LogP contribution is -2.26. The molecule has 3 unspecified atom stereocenters. The lowest BCUT2D eigenvalue weighted by molar-refractivity contribution is 0.391. The van der Waals surface area contributed by atoms with Crippen LogP contribution in [-0.4, -0.2) is 15.6 Å². The summed E-state index contributed by atoms with van der Waals surface area (Å²) >= 11 is 0. The van der Waals surface area contributed by atoms with Gasteiger partial charge in [-0.2, -0.15) is 0 Å². The van der Waals surface area contributed by atoms with Crippen LogP contribution in [0, 0.1) is 11.8 Å². The Morgan fingerprint density at radius 2 is 2.11 bits per heavy atom. The van der Waals surface area contributed by atoms with Gasteiger partial charge in [0.1, 0.15) is 0 Å². The highest BCUT2D eigenvalue weighted by Crippen LogP contribution is 2.35. The molecule has 1 aliphatic rings. The molecular weight excluding hydrogens is 234 g/mol. The summed E-state index contributed by atoms with van der Waals surface area (Å²) < 4.78 is 2.17. The topological polar surface area (TPSA) is 29.9 Å². The summed E-state index contributed by atoms with van der Waals surface area (Å²) in [4.78, 5) is 4.71. The van der Waals surface area contributed by atoms with Crippen LogP contribution in [0.3, 0.4) is 0 Å². The first-order valence-corrected chi connectivity index (χ1v) is 7.38. The van der Waals surface area contributed by atoms with Crippen LogP contribution in [0.25, 0.3) is 11.0 Å². The van der Waals surface area contributed by atoms with Crippen molar-refractivity contribution in [2.45, 2.75) is 39.2 Å². The number of rotatable bonds is 3. The number of hydrogen-bond donors (Lipinski definition) is 1. The van der Waals surface area contributed by atoms with E-state index in [0.717, 1.165) is 23.3 Å². The van der Waals surface area contributed by atoms with Crippen LogP contribution in [0.5, 0.6) is 0 Å². The summed E-state index contributed by atoms with van der Waals surface area (Å²) in [5.74, 6) is 2.62. The zero-order valence-electron chi connectivity index (χ0n) is 12.1. The van der Waals surface area contributed by atoms with E-state index >= 15 is 0 Å². The number of benzene rings is 1. The standard InChI is InChI=1S/C16H23N3/c1-4-12-9-10-13(11(12)2)17-16-18-14-7-5-6-8-15(14)19(16)3/h5-8,11-13H,4,9-10H2,1-3H3,(H,17,18). The van der Waals surface area contributed by atoms with Crippen LogP contribution in [0.1, 0.15) is 33.1 Å². The van der Waals surface area contributed by atoms with Crippen LogP contribution in [-0.2, 0) is 7.05 Å². The van der Waals surface area contributed by atoms with E-state index in [0.29, 0.717) is 6.04 Å². The molecule has 0 aliphatic heterocycles. The Hall–Kier alpha value is -1.51. The smallest absolute Gasteiger partial charge is 0.203 e. The minimum atomic E-state index is 0.570. The summed E-state index contributed by atoms with van der Waals surface area (Å²) in [6.45, 7) is 4.68. The van der Waals surface area contributed by atoms with Crippen molar-refractivity contribution in [3.63, 3.8) is 0 Å². The molecular formula is C16H23N3. The van der Waals surface area contributed by atoms with Crippen molar-refractivity contribution in [2.24, 2.45) is 18.9 Å². The van der Waals surface area contributed by atoms with Gasteiger partial charge in [-0.05, 0) is 36.8 Å². The van der Waals surface area contributed by atoms with Crippen molar-refractivity contribution >= 4 is 17.0 Å². The minimum absolute atomic E-state index is 0.570. The van der Waals surface area contributed by atoms with E-state index in [1.54, 1.807) is 0 Å². The molecule has 0 amide bonds. The number of anilines is 1. The fourth-order valence-corrected chi connectivity index (χ4v) is 3.47. The molecule has 3 atom stereocenters. The summed E-state index contributed by atoms with van der Waals surface area (Å²) in [6.07, 6.45) is 3.91. The zero-order chi connectivity index (χ0) is 13.4. The van der Waals surface area contributed by atoms with E-state index in [2.05, 4.69) is 49.0 Å². The molecule has 2 aromatic rings. The Balaban J connectivity index is 1.84. The fraction of sp³-hybridized carbons (Fsp3) is 0.562. The van der Waals surface area contributed by atoms with Crippen molar-refractivity contribution in [2.75, 3.05) is 5.32 Å². The van der Waals surface area contributed by atoms with Crippen molar-refractivity contribution in [1.82, 2.24) is 9.55 Å². The zero-order valence-corrected chi connectivity index (χ0v) is 12.1. The Labute approximate surface area is 115 Å². The predicted molar refractivity (Wildman–Crippen MR) is 80.3 cm³/mol. The van der Waals surface area contributed by atoms with E-state index in [-0.39, 0.29) is 0 Å². The summed E-state index contributed by atoms with van der Waals surface area (Å²) in [6, 6.07) is 8.89. The van der Waals surface area contributed by atoms with Crippen molar-refractivity contribution in [1.29, 1.82) is 0 Å². The van der Waals surface area contributed by atoms with Gasteiger partial charge in [0.25, 0.3) is 0 Å². The third-order valence-corrected chi connectivity index (χ3v) is 4.85. The highest BCUT2D eigenvalue weighted by Gasteiger charge is 2.32. The average molecular weight is 257 g/mol. The Morgan fingerprint density at radius 3 is 2.79 bits per heavy atom. The number of aryl methyl sites for hydroxylation is 1. The lowest BCUT2D eigenvalue weighted by Gasteiger charge is -2.21. The Bertz CT molecular complexity index is 572. The van der Waals surface area contributed by atoms with Gasteiger partial charge < -0.3 is 9.88 Å². The van der Waals surface area contributed by atoms with Gasteiger partial charge in [0.15, 0.2) is 0 Å². The first kappa shape index (κ1) is 12.5. The maximum Gasteiger partial charge on any atom is 0.203 e. The van der Waals surface area contributed by atoms with E-state index in [1.165, 1.54) is 24.8 Å². The largest absolute Gasteiger partial charge is 0.353 e. The fourth-order valence-electron chi connectivity index (χ4n) is 3.47. The number of fused-ring (bicyclic) bond motifs is 1. The molecule has 0 spiro atoms. The van der Waals surface area contributed by atoms with Crippen molar-refractivity contribution in [3.05, 3.63) is 24.3 Å². The Kier molecular flexibility index (Phi) is 3.21. The monoisotopic (exact) mass is 257 g/mol. The highest BCUT2D eigenvalue weighted by atomic mass is 15.2. The van der Waals surface area contributed by atoms with Gasteiger partial charge in [-0.1, -0.05) is 32.4 Å². The number of aromatic nitrogens is 2. The molecule has 1 N–H and O–H groups in total. The third kappa shape index (κ3) is 2.11. The summed E-state index contributed by atoms with van der Waals surface area (Å²) in [5, 5.41) is 3.66. The summed E-state index contributed by atoms with van der Waals surface area (Å²) in [5.41, 5.74) is 2.27. The van der Waals surface area contributed by atoms with Gasteiger partial charge in [-0.25, -0.2) is 4.98 Å². The molecule has 0 saturated heterocycles. The van der Waals surface area contributed by atoms with Crippen molar-refractivity contribution < 1.29 is 0 Å². The number of nitrogens with one attached hydrogen (secondary N) is 1. The van der Waals surface area contributed by atoms with Crippen LogP contribution >= 0.6 is 0 Å². The molecule has 3 nitrogen and oxygen atoms in total. The number of para-hydroxylation sites is 2. The maximum absolute atomic E-state index is 4.71. The van der Waals surface area contributed by atoms with Gasteiger partial charge >= 0.3 is 0 Å². The molecule has 1 aromatic carbocycles. The average Bonchev–Trinajstić information content (AvgIpc) is 2.93. The molecule has 1 saturated carbocycles. The second-order valence-corrected chi connectivity index (χ2v) is 5.84. The van der Waals surface area contributed by atoms with Crippen LogP contribution in [0.2, 0.25) is 0 Å². The highest BCUT2D eigenvalue weighted by molar-refractivity contribution is 5.78. The number of imidazole rings is 1. The molecule has 1 aromatic heterocycles. The third-order valence-electron chi connectivity index (χ3n) is 4.85. The van der Waals surface area contributed by atoms with Gasteiger partial charge in [0.05, 0.1) is 11.0 Å².